The van der Waals surface area contributed by atoms with Crippen molar-refractivity contribution in [2.45, 2.75) is 32.9 Å². The minimum Gasteiger partial charge on any atom is -0.481 e. The molecule has 0 aliphatic rings. The summed E-state index contributed by atoms with van der Waals surface area (Å²) in [5, 5.41) is 12.3. The number of thiazole rings is 1. The summed E-state index contributed by atoms with van der Waals surface area (Å²) in [7, 11) is 0. The lowest BCUT2D eigenvalue weighted by Gasteiger charge is -2.17. The van der Waals surface area contributed by atoms with E-state index in [2.05, 4.69) is 10.3 Å². The third-order valence-corrected chi connectivity index (χ3v) is 4.56. The zero-order valence-corrected chi connectivity index (χ0v) is 14.2. The number of halogens is 1. The maximum absolute atomic E-state index is 12.9. The highest BCUT2D eigenvalue weighted by Gasteiger charge is 2.22. The Kier molecular flexibility index (Phi) is 5.50. The number of ether oxygens (including phenoxy) is 1. The maximum Gasteiger partial charge on any atom is 0.347 e. The first-order valence-electron chi connectivity index (χ1n) is 7.21. The van der Waals surface area contributed by atoms with E-state index in [1.165, 1.54) is 24.3 Å². The zero-order chi connectivity index (χ0) is 17.9. The number of carboxylic acids is 1. The predicted molar refractivity (Wildman–Crippen MR) is 86.9 cm³/mol. The molecule has 2 unspecified atom stereocenters. The second kappa shape index (κ2) is 7.39. The Bertz CT molecular complexity index is 745. The molecule has 2 atom stereocenters. The summed E-state index contributed by atoms with van der Waals surface area (Å²) in [5.74, 6) is -1.43. The molecule has 0 aliphatic carbocycles. The Labute approximate surface area is 142 Å². The van der Waals surface area contributed by atoms with Crippen molar-refractivity contribution in [1.82, 2.24) is 10.3 Å². The molecule has 128 valence electrons. The van der Waals surface area contributed by atoms with E-state index in [0.717, 1.165) is 11.3 Å². The highest BCUT2D eigenvalue weighted by molar-refractivity contribution is 7.13. The number of aromatic nitrogens is 1. The van der Waals surface area contributed by atoms with Gasteiger partial charge in [-0.25, -0.2) is 14.2 Å². The van der Waals surface area contributed by atoms with E-state index >= 15 is 0 Å². The summed E-state index contributed by atoms with van der Waals surface area (Å²) < 4.78 is 18.3. The quantitative estimate of drug-likeness (QED) is 0.834. The summed E-state index contributed by atoms with van der Waals surface area (Å²) in [5.41, 5.74) is 0.416. The van der Waals surface area contributed by atoms with Gasteiger partial charge in [0.1, 0.15) is 21.5 Å². The zero-order valence-electron chi connectivity index (χ0n) is 13.4. The third kappa shape index (κ3) is 4.29. The number of hydrogen-bond donors (Lipinski definition) is 2. The van der Waals surface area contributed by atoms with Gasteiger partial charge in [0.2, 0.25) is 0 Å². The summed E-state index contributed by atoms with van der Waals surface area (Å²) >= 11 is 1.03. The SMILES string of the molecule is Cc1nc(C(C)NC(=O)C(C)Oc2ccc(F)cc2)sc1C(=O)O. The molecule has 8 heteroatoms. The topological polar surface area (TPSA) is 88.5 Å². The van der Waals surface area contributed by atoms with E-state index in [0.29, 0.717) is 16.5 Å². The number of nitrogens with one attached hydrogen (secondary N) is 1. The van der Waals surface area contributed by atoms with E-state index < -0.39 is 18.1 Å². The Hall–Kier alpha value is -2.48. The van der Waals surface area contributed by atoms with E-state index in [1.54, 1.807) is 20.8 Å². The van der Waals surface area contributed by atoms with E-state index in [4.69, 9.17) is 9.84 Å². The summed E-state index contributed by atoms with van der Waals surface area (Å²) in [6, 6.07) is 4.91. The summed E-state index contributed by atoms with van der Waals surface area (Å²) in [6.07, 6.45) is -0.794. The smallest absolute Gasteiger partial charge is 0.347 e. The predicted octanol–water partition coefficient (Wildman–Crippen LogP) is 2.93. The number of carbonyl (C=O) groups is 2. The van der Waals surface area contributed by atoms with Gasteiger partial charge in [-0.2, -0.15) is 0 Å². The Morgan fingerprint density at radius 3 is 2.46 bits per heavy atom. The normalized spacial score (nSPS) is 13.2. The average Bonchev–Trinajstić information content (AvgIpc) is 2.91. The van der Waals surface area contributed by atoms with Crippen molar-refractivity contribution in [3.05, 3.63) is 45.7 Å². The van der Waals surface area contributed by atoms with Crippen molar-refractivity contribution in [2.24, 2.45) is 0 Å². The molecule has 0 radical (unpaired) electrons. The van der Waals surface area contributed by atoms with Crippen LogP contribution in [0.4, 0.5) is 4.39 Å². The van der Waals surface area contributed by atoms with Crippen LogP contribution in [0.1, 0.15) is 40.3 Å². The molecule has 1 amide bonds. The van der Waals surface area contributed by atoms with Crippen LogP contribution in [0.2, 0.25) is 0 Å². The Balaban J connectivity index is 1.98. The minimum atomic E-state index is -1.04. The maximum atomic E-state index is 12.9. The number of carboxylic acid groups (broad SMARTS) is 1. The number of aromatic carboxylic acids is 1. The highest BCUT2D eigenvalue weighted by atomic mass is 32.1. The second-order valence-electron chi connectivity index (χ2n) is 5.22. The van der Waals surface area contributed by atoms with Crippen molar-refractivity contribution >= 4 is 23.2 Å². The van der Waals surface area contributed by atoms with Gasteiger partial charge in [-0.05, 0) is 45.0 Å². The van der Waals surface area contributed by atoms with Crippen LogP contribution in [-0.2, 0) is 4.79 Å². The molecule has 1 aromatic heterocycles. The molecule has 2 N–H and O–H groups in total. The number of aryl methyl sites for hydroxylation is 1. The van der Waals surface area contributed by atoms with Gasteiger partial charge in [0.05, 0.1) is 11.7 Å². The Morgan fingerprint density at radius 1 is 1.29 bits per heavy atom. The molecular formula is C16H17FN2O4S. The first-order valence-corrected chi connectivity index (χ1v) is 8.02. The van der Waals surface area contributed by atoms with Crippen LogP contribution >= 0.6 is 11.3 Å². The van der Waals surface area contributed by atoms with Gasteiger partial charge >= 0.3 is 5.97 Å². The van der Waals surface area contributed by atoms with Gasteiger partial charge in [-0.15, -0.1) is 11.3 Å². The minimum absolute atomic E-state index is 0.154. The van der Waals surface area contributed by atoms with Crippen LogP contribution in [0.3, 0.4) is 0 Å². The molecule has 0 fully saturated rings. The summed E-state index contributed by atoms with van der Waals surface area (Å²) in [4.78, 5) is 27.6. The lowest BCUT2D eigenvalue weighted by molar-refractivity contribution is -0.127. The van der Waals surface area contributed by atoms with E-state index in [-0.39, 0.29) is 16.6 Å². The molecule has 0 spiro atoms. The van der Waals surface area contributed by atoms with Crippen LogP contribution < -0.4 is 10.1 Å². The van der Waals surface area contributed by atoms with Gasteiger partial charge in [0.25, 0.3) is 5.91 Å². The van der Waals surface area contributed by atoms with E-state index in [1.807, 2.05) is 0 Å². The lowest BCUT2D eigenvalue weighted by atomic mass is 10.3. The van der Waals surface area contributed by atoms with Gasteiger partial charge in [0.15, 0.2) is 6.10 Å². The largest absolute Gasteiger partial charge is 0.481 e. The summed E-state index contributed by atoms with van der Waals surface area (Å²) in [6.45, 7) is 4.89. The monoisotopic (exact) mass is 352 g/mol. The second-order valence-corrected chi connectivity index (χ2v) is 6.25. The highest BCUT2D eigenvalue weighted by Crippen LogP contribution is 2.23. The molecule has 1 aromatic carbocycles. The van der Waals surface area contributed by atoms with Crippen molar-refractivity contribution < 1.29 is 23.8 Å². The first kappa shape index (κ1) is 17.9. The fraction of sp³-hybridized carbons (Fsp3) is 0.312. The molecule has 0 saturated carbocycles. The van der Waals surface area contributed by atoms with Crippen LogP contribution in [0.15, 0.2) is 24.3 Å². The van der Waals surface area contributed by atoms with Crippen LogP contribution in [0, 0.1) is 12.7 Å². The number of benzene rings is 1. The molecule has 0 aliphatic heterocycles. The van der Waals surface area contributed by atoms with Crippen molar-refractivity contribution in [1.29, 1.82) is 0 Å². The van der Waals surface area contributed by atoms with Gasteiger partial charge in [-0.1, -0.05) is 0 Å². The number of amides is 1. The molecule has 0 bridgehead atoms. The number of carbonyl (C=O) groups excluding carboxylic acids is 1. The van der Waals surface area contributed by atoms with E-state index in [9.17, 15) is 14.0 Å². The van der Waals surface area contributed by atoms with Crippen molar-refractivity contribution in [2.75, 3.05) is 0 Å². The Morgan fingerprint density at radius 2 is 1.92 bits per heavy atom. The van der Waals surface area contributed by atoms with Crippen molar-refractivity contribution in [3.8, 4) is 5.75 Å². The third-order valence-electron chi connectivity index (χ3n) is 3.23. The standard InChI is InChI=1S/C16H17FN2O4S/c1-8-13(16(21)22)24-15(19-8)9(2)18-14(20)10(3)23-12-6-4-11(17)5-7-12/h4-7,9-10H,1-3H3,(H,18,20)(H,21,22). The van der Waals surface area contributed by atoms with Crippen molar-refractivity contribution in [3.63, 3.8) is 0 Å². The van der Waals surface area contributed by atoms with Crippen LogP contribution in [-0.4, -0.2) is 28.1 Å². The molecule has 6 nitrogen and oxygen atoms in total. The molecule has 24 heavy (non-hydrogen) atoms. The lowest BCUT2D eigenvalue weighted by Crippen LogP contribution is -2.37. The van der Waals surface area contributed by atoms with Gasteiger partial charge < -0.3 is 15.2 Å². The fourth-order valence-corrected chi connectivity index (χ4v) is 2.87. The van der Waals surface area contributed by atoms with Crippen LogP contribution in [0.25, 0.3) is 0 Å². The molecular weight excluding hydrogens is 335 g/mol. The van der Waals surface area contributed by atoms with Gasteiger partial charge in [-0.3, -0.25) is 4.79 Å². The molecule has 1 heterocycles. The van der Waals surface area contributed by atoms with Gasteiger partial charge in [0, 0.05) is 0 Å². The number of nitrogens with zero attached hydrogens (tertiary/aromatic N) is 1. The number of hydrogen-bond acceptors (Lipinski definition) is 5. The molecule has 2 rings (SSSR count). The molecule has 0 saturated heterocycles. The number of rotatable bonds is 6. The molecule has 2 aromatic rings. The average molecular weight is 352 g/mol. The first-order chi connectivity index (χ1) is 11.3. The van der Waals surface area contributed by atoms with Crippen LogP contribution in [0.5, 0.6) is 5.75 Å². The fourth-order valence-electron chi connectivity index (χ4n) is 1.96.